The summed E-state index contributed by atoms with van der Waals surface area (Å²) in [7, 11) is 0. The molecule has 0 atom stereocenters. The molecule has 2 rings (SSSR count). The Balaban J connectivity index is 2.02. The van der Waals surface area contributed by atoms with Gasteiger partial charge in [0.1, 0.15) is 0 Å². The fraction of sp³-hybridized carbons (Fsp3) is 0.812. The highest BCUT2D eigenvalue weighted by atomic mass is 32.1. The van der Waals surface area contributed by atoms with Gasteiger partial charge in [-0.15, -0.1) is 11.3 Å². The minimum absolute atomic E-state index is 0.618. The van der Waals surface area contributed by atoms with Crippen molar-refractivity contribution >= 4 is 16.5 Å². The molecule has 0 saturated heterocycles. The lowest BCUT2D eigenvalue weighted by atomic mass is 10.1. The second kappa shape index (κ2) is 7.41. The topological polar surface area (TPSA) is 28.2 Å². The third-order valence-electron chi connectivity index (χ3n) is 3.88. The van der Waals surface area contributed by atoms with E-state index in [2.05, 4.69) is 43.3 Å². The predicted octanol–water partition coefficient (Wildman–Crippen LogP) is 4.05. The molecule has 0 radical (unpaired) electrons. The third kappa shape index (κ3) is 4.45. The highest BCUT2D eigenvalue weighted by molar-refractivity contribution is 7.13. The average molecular weight is 295 g/mol. The molecule has 0 spiro atoms. The molecule has 3 nitrogen and oxygen atoms in total. The van der Waals surface area contributed by atoms with Crippen LogP contribution in [0.3, 0.4) is 0 Å². The van der Waals surface area contributed by atoms with Crippen molar-refractivity contribution in [3.63, 3.8) is 0 Å². The van der Waals surface area contributed by atoms with E-state index in [1.165, 1.54) is 36.5 Å². The van der Waals surface area contributed by atoms with Crippen LogP contribution in [-0.2, 0) is 6.54 Å². The number of nitrogens with zero attached hydrogens (tertiary/aromatic N) is 2. The largest absolute Gasteiger partial charge is 0.345 e. The second-order valence-electron chi connectivity index (χ2n) is 6.29. The standard InChI is InChI=1S/C16H29N3S/c1-5-15(6-2)19(10-12(3)4)16-18-14(11-20-16)9-17-13-7-8-13/h11-13,15,17H,5-10H2,1-4H3. The molecule has 1 aliphatic carbocycles. The van der Waals surface area contributed by atoms with Gasteiger partial charge in [0, 0.05) is 30.6 Å². The van der Waals surface area contributed by atoms with E-state index in [9.17, 15) is 0 Å². The molecule has 0 amide bonds. The number of nitrogens with one attached hydrogen (secondary N) is 1. The van der Waals surface area contributed by atoms with Crippen molar-refractivity contribution in [3.05, 3.63) is 11.1 Å². The van der Waals surface area contributed by atoms with Crippen LogP contribution in [0.2, 0.25) is 0 Å². The summed E-state index contributed by atoms with van der Waals surface area (Å²) in [5, 5.41) is 6.98. The SMILES string of the molecule is CCC(CC)N(CC(C)C)c1nc(CNC2CC2)cs1. The smallest absolute Gasteiger partial charge is 0.185 e. The highest BCUT2D eigenvalue weighted by Crippen LogP contribution is 2.26. The summed E-state index contributed by atoms with van der Waals surface area (Å²) < 4.78 is 0. The molecule has 20 heavy (non-hydrogen) atoms. The molecule has 1 aliphatic rings. The lowest BCUT2D eigenvalue weighted by Gasteiger charge is -2.31. The summed E-state index contributed by atoms with van der Waals surface area (Å²) >= 11 is 1.81. The van der Waals surface area contributed by atoms with Gasteiger partial charge in [-0.05, 0) is 31.6 Å². The number of hydrogen-bond acceptors (Lipinski definition) is 4. The first-order valence-electron chi connectivity index (χ1n) is 8.08. The van der Waals surface area contributed by atoms with Crippen LogP contribution in [0.25, 0.3) is 0 Å². The Kier molecular flexibility index (Phi) is 5.85. The molecule has 1 heterocycles. The zero-order valence-electron chi connectivity index (χ0n) is 13.4. The zero-order chi connectivity index (χ0) is 14.5. The van der Waals surface area contributed by atoms with Gasteiger partial charge in [-0.25, -0.2) is 4.98 Å². The quantitative estimate of drug-likeness (QED) is 0.745. The number of rotatable bonds is 9. The Bertz CT molecular complexity index is 394. The molecule has 1 aromatic rings. The molecule has 0 bridgehead atoms. The first-order valence-corrected chi connectivity index (χ1v) is 8.96. The summed E-state index contributed by atoms with van der Waals surface area (Å²) in [4.78, 5) is 7.39. The molecular weight excluding hydrogens is 266 g/mol. The Labute approximate surface area is 127 Å². The molecule has 1 N–H and O–H groups in total. The Hall–Kier alpha value is -0.610. The van der Waals surface area contributed by atoms with Crippen LogP contribution in [0, 0.1) is 5.92 Å². The van der Waals surface area contributed by atoms with E-state index in [0.29, 0.717) is 12.0 Å². The zero-order valence-corrected chi connectivity index (χ0v) is 14.2. The van der Waals surface area contributed by atoms with Crippen molar-refractivity contribution in [2.45, 2.75) is 72.0 Å². The van der Waals surface area contributed by atoms with E-state index in [4.69, 9.17) is 4.98 Å². The summed E-state index contributed by atoms with van der Waals surface area (Å²) in [6.07, 6.45) is 5.06. The van der Waals surface area contributed by atoms with Crippen molar-refractivity contribution < 1.29 is 0 Å². The lowest BCUT2D eigenvalue weighted by Crippen LogP contribution is -2.37. The molecule has 1 aromatic heterocycles. The van der Waals surface area contributed by atoms with E-state index in [1.54, 1.807) is 11.3 Å². The van der Waals surface area contributed by atoms with Gasteiger partial charge in [-0.2, -0.15) is 0 Å². The van der Waals surface area contributed by atoms with Crippen molar-refractivity contribution in [1.29, 1.82) is 0 Å². The maximum atomic E-state index is 4.86. The van der Waals surface area contributed by atoms with Gasteiger partial charge >= 0.3 is 0 Å². The molecule has 114 valence electrons. The summed E-state index contributed by atoms with van der Waals surface area (Å²) in [6, 6.07) is 1.37. The fourth-order valence-electron chi connectivity index (χ4n) is 2.55. The van der Waals surface area contributed by atoms with Crippen LogP contribution in [0.5, 0.6) is 0 Å². The van der Waals surface area contributed by atoms with Crippen LogP contribution < -0.4 is 10.2 Å². The summed E-state index contributed by atoms with van der Waals surface area (Å²) in [6.45, 7) is 11.2. The minimum Gasteiger partial charge on any atom is -0.345 e. The molecule has 0 aromatic carbocycles. The third-order valence-corrected chi connectivity index (χ3v) is 4.81. The number of aromatic nitrogens is 1. The average Bonchev–Trinajstić information content (AvgIpc) is 3.13. The normalized spacial score (nSPS) is 15.3. The first kappa shape index (κ1) is 15.8. The molecule has 0 unspecified atom stereocenters. The van der Waals surface area contributed by atoms with Gasteiger partial charge in [-0.1, -0.05) is 27.7 Å². The van der Waals surface area contributed by atoms with E-state index in [-0.39, 0.29) is 0 Å². The van der Waals surface area contributed by atoms with Crippen LogP contribution in [-0.4, -0.2) is 23.6 Å². The van der Waals surface area contributed by atoms with E-state index in [0.717, 1.165) is 19.1 Å². The Morgan fingerprint density at radius 1 is 1.35 bits per heavy atom. The van der Waals surface area contributed by atoms with Gasteiger partial charge < -0.3 is 10.2 Å². The van der Waals surface area contributed by atoms with Gasteiger partial charge in [0.15, 0.2) is 5.13 Å². The second-order valence-corrected chi connectivity index (χ2v) is 7.13. The molecule has 1 fully saturated rings. The maximum absolute atomic E-state index is 4.86. The van der Waals surface area contributed by atoms with Crippen LogP contribution in [0.4, 0.5) is 5.13 Å². The van der Waals surface area contributed by atoms with Gasteiger partial charge in [0.25, 0.3) is 0 Å². The molecular formula is C16H29N3S. The number of anilines is 1. The maximum Gasteiger partial charge on any atom is 0.185 e. The predicted molar refractivity (Wildman–Crippen MR) is 88.5 cm³/mol. The summed E-state index contributed by atoms with van der Waals surface area (Å²) in [5.74, 6) is 0.674. The van der Waals surface area contributed by atoms with Gasteiger partial charge in [-0.3, -0.25) is 0 Å². The molecule has 4 heteroatoms. The molecule has 1 saturated carbocycles. The fourth-order valence-corrected chi connectivity index (χ4v) is 3.46. The van der Waals surface area contributed by atoms with Gasteiger partial charge in [0.2, 0.25) is 0 Å². The molecule has 0 aliphatic heterocycles. The van der Waals surface area contributed by atoms with Gasteiger partial charge in [0.05, 0.1) is 5.69 Å². The Morgan fingerprint density at radius 2 is 2.05 bits per heavy atom. The minimum atomic E-state index is 0.618. The monoisotopic (exact) mass is 295 g/mol. The first-order chi connectivity index (χ1) is 9.63. The van der Waals surface area contributed by atoms with Crippen molar-refractivity contribution in [2.75, 3.05) is 11.4 Å². The van der Waals surface area contributed by atoms with Crippen molar-refractivity contribution in [1.82, 2.24) is 10.3 Å². The Morgan fingerprint density at radius 3 is 2.60 bits per heavy atom. The number of thiazole rings is 1. The van der Waals surface area contributed by atoms with E-state index < -0.39 is 0 Å². The van der Waals surface area contributed by atoms with Crippen LogP contribution >= 0.6 is 11.3 Å². The number of hydrogen-bond donors (Lipinski definition) is 1. The van der Waals surface area contributed by atoms with Crippen molar-refractivity contribution in [2.24, 2.45) is 5.92 Å². The van der Waals surface area contributed by atoms with Crippen LogP contribution in [0.15, 0.2) is 5.38 Å². The lowest BCUT2D eigenvalue weighted by molar-refractivity contribution is 0.506. The van der Waals surface area contributed by atoms with Crippen LogP contribution in [0.1, 0.15) is 59.1 Å². The summed E-state index contributed by atoms with van der Waals surface area (Å²) in [5.41, 5.74) is 1.21. The highest BCUT2D eigenvalue weighted by Gasteiger charge is 2.22. The van der Waals surface area contributed by atoms with E-state index in [1.807, 2.05) is 0 Å². The van der Waals surface area contributed by atoms with Crippen molar-refractivity contribution in [3.8, 4) is 0 Å². The van der Waals surface area contributed by atoms with E-state index >= 15 is 0 Å².